The lowest BCUT2D eigenvalue weighted by molar-refractivity contribution is 0.104. The highest BCUT2D eigenvalue weighted by Crippen LogP contribution is 2.41. The minimum Gasteiger partial charge on any atom is -0.398 e. The molecular weight excluding hydrogens is 353 g/mol. The second-order valence-electron chi connectivity index (χ2n) is 6.40. The Labute approximate surface area is 157 Å². The van der Waals surface area contributed by atoms with Crippen LogP contribution in [0.1, 0.15) is 43.7 Å². The molecule has 2 fully saturated rings. The quantitative estimate of drug-likeness (QED) is 0.768. The molecule has 0 unspecified atom stereocenters. The molecule has 0 radical (unpaired) electrons. The lowest BCUT2D eigenvalue weighted by Gasteiger charge is -2.41. The van der Waals surface area contributed by atoms with E-state index in [1.54, 1.807) is 0 Å². The molecule has 1 atom stereocenters. The molecule has 3 rings (SSSR count). The molecule has 1 aliphatic carbocycles. The van der Waals surface area contributed by atoms with E-state index in [1.807, 2.05) is 12.1 Å². The Morgan fingerprint density at radius 1 is 1.09 bits per heavy atom. The number of hydrogen-bond donors (Lipinski definition) is 2. The number of nitrogens with two attached hydrogens (primary N) is 1. The Morgan fingerprint density at radius 2 is 1.74 bits per heavy atom. The van der Waals surface area contributed by atoms with E-state index in [1.165, 1.54) is 37.7 Å². The van der Waals surface area contributed by atoms with Crippen LogP contribution in [0.15, 0.2) is 18.2 Å². The summed E-state index contributed by atoms with van der Waals surface area (Å²) in [5, 5.41) is 4.25. The van der Waals surface area contributed by atoms with Crippen molar-refractivity contribution in [1.82, 2.24) is 10.2 Å². The molecule has 1 aliphatic heterocycles. The molecule has 0 bridgehead atoms. The fourth-order valence-electron chi connectivity index (χ4n) is 3.96. The third-order valence-corrected chi connectivity index (χ3v) is 5.24. The van der Waals surface area contributed by atoms with Crippen molar-refractivity contribution in [3.8, 4) is 0 Å². The number of nitrogens with zero attached hydrogens (tertiary/aromatic N) is 1. The zero-order valence-electron chi connectivity index (χ0n) is 13.5. The minimum absolute atomic E-state index is 0. The summed E-state index contributed by atoms with van der Waals surface area (Å²) in [6.07, 6.45) is 6.73. The van der Waals surface area contributed by atoms with E-state index in [2.05, 4.69) is 16.3 Å². The van der Waals surface area contributed by atoms with Crippen molar-refractivity contribution in [2.75, 3.05) is 31.9 Å². The molecule has 1 saturated heterocycles. The maximum Gasteiger partial charge on any atom is 0.0410 e. The molecule has 3 nitrogen and oxygen atoms in total. The number of nitrogens with one attached hydrogen (secondary N) is 1. The number of rotatable bonds is 3. The average molecular weight is 381 g/mol. The van der Waals surface area contributed by atoms with Crippen LogP contribution in [0.2, 0.25) is 5.02 Å². The molecule has 1 saturated carbocycles. The van der Waals surface area contributed by atoms with Gasteiger partial charge in [-0.3, -0.25) is 4.90 Å². The zero-order chi connectivity index (χ0) is 14.7. The number of nitrogen functional groups attached to an aromatic ring is 1. The molecule has 1 aromatic carbocycles. The molecule has 6 heteroatoms. The van der Waals surface area contributed by atoms with Crippen LogP contribution in [0.4, 0.5) is 5.69 Å². The van der Waals surface area contributed by atoms with Gasteiger partial charge in [0.05, 0.1) is 0 Å². The topological polar surface area (TPSA) is 41.3 Å². The maximum absolute atomic E-state index is 6.30. The summed E-state index contributed by atoms with van der Waals surface area (Å²) in [7, 11) is 0. The maximum atomic E-state index is 6.30. The highest BCUT2D eigenvalue weighted by Gasteiger charge is 2.32. The minimum atomic E-state index is 0. The average Bonchev–Trinajstić information content (AvgIpc) is 2.53. The van der Waals surface area contributed by atoms with Crippen LogP contribution < -0.4 is 11.1 Å². The molecule has 0 amide bonds. The van der Waals surface area contributed by atoms with Crippen LogP contribution in [-0.4, -0.2) is 31.1 Å². The third kappa shape index (κ3) is 5.14. The third-order valence-electron chi connectivity index (χ3n) is 5.01. The molecule has 1 aromatic rings. The standard InChI is InChI=1S/C17H26ClN3.2ClH/c18-14-6-7-16(19)15(12-14)17(13-4-2-1-3-5-13)21-10-8-20-9-11-21;;/h6-7,12-13,17,20H,1-5,8-11,19H2;2*1H/t17-;;/m0../s1. The van der Waals surface area contributed by atoms with Gasteiger partial charge in [0.15, 0.2) is 0 Å². The summed E-state index contributed by atoms with van der Waals surface area (Å²) in [5.74, 6) is 0.720. The Hall–Kier alpha value is -0.190. The molecule has 3 N–H and O–H groups in total. The normalized spacial score (nSPS) is 21.1. The van der Waals surface area contributed by atoms with Gasteiger partial charge in [0, 0.05) is 42.9 Å². The van der Waals surface area contributed by atoms with Crippen LogP contribution in [0, 0.1) is 5.92 Å². The number of anilines is 1. The van der Waals surface area contributed by atoms with Crippen molar-refractivity contribution in [3.05, 3.63) is 28.8 Å². The van der Waals surface area contributed by atoms with Gasteiger partial charge in [-0.05, 0) is 42.5 Å². The van der Waals surface area contributed by atoms with Gasteiger partial charge in [0.2, 0.25) is 0 Å². The Morgan fingerprint density at radius 3 is 2.39 bits per heavy atom. The van der Waals surface area contributed by atoms with Crippen LogP contribution in [0.3, 0.4) is 0 Å². The fraction of sp³-hybridized carbons (Fsp3) is 0.647. The summed E-state index contributed by atoms with van der Waals surface area (Å²) >= 11 is 6.25. The number of benzene rings is 1. The van der Waals surface area contributed by atoms with Gasteiger partial charge in [-0.2, -0.15) is 0 Å². The van der Waals surface area contributed by atoms with E-state index in [0.717, 1.165) is 42.8 Å². The van der Waals surface area contributed by atoms with Crippen molar-refractivity contribution in [1.29, 1.82) is 0 Å². The number of hydrogen-bond acceptors (Lipinski definition) is 3. The predicted octanol–water partition coefficient (Wildman–Crippen LogP) is 4.29. The summed E-state index contributed by atoms with van der Waals surface area (Å²) in [6, 6.07) is 6.40. The Kier molecular flexibility index (Phi) is 9.02. The zero-order valence-corrected chi connectivity index (χ0v) is 15.9. The van der Waals surface area contributed by atoms with E-state index >= 15 is 0 Å². The Bertz CT molecular complexity index is 454. The van der Waals surface area contributed by atoms with Crippen LogP contribution in [0.5, 0.6) is 0 Å². The summed E-state index contributed by atoms with van der Waals surface area (Å²) in [5.41, 5.74) is 8.45. The van der Waals surface area contributed by atoms with Crippen molar-refractivity contribution in [3.63, 3.8) is 0 Å². The van der Waals surface area contributed by atoms with Crippen LogP contribution in [0.25, 0.3) is 0 Å². The molecule has 23 heavy (non-hydrogen) atoms. The van der Waals surface area contributed by atoms with Gasteiger partial charge in [-0.1, -0.05) is 30.9 Å². The first kappa shape index (κ1) is 20.9. The largest absolute Gasteiger partial charge is 0.398 e. The first-order valence-electron chi connectivity index (χ1n) is 8.25. The van der Waals surface area contributed by atoms with Crippen molar-refractivity contribution < 1.29 is 0 Å². The molecule has 0 aromatic heterocycles. The smallest absolute Gasteiger partial charge is 0.0410 e. The number of piperazine rings is 1. The van der Waals surface area contributed by atoms with Crippen molar-refractivity contribution in [2.24, 2.45) is 5.92 Å². The van der Waals surface area contributed by atoms with Crippen molar-refractivity contribution >= 4 is 42.1 Å². The first-order chi connectivity index (χ1) is 10.3. The SMILES string of the molecule is Cl.Cl.Nc1ccc(Cl)cc1[C@H](C1CCCCC1)N1CCNCC1. The summed E-state index contributed by atoms with van der Waals surface area (Å²) in [6.45, 7) is 4.35. The van der Waals surface area contributed by atoms with Crippen molar-refractivity contribution in [2.45, 2.75) is 38.1 Å². The summed E-state index contributed by atoms with van der Waals surface area (Å²) < 4.78 is 0. The van der Waals surface area contributed by atoms with Gasteiger partial charge in [0.25, 0.3) is 0 Å². The van der Waals surface area contributed by atoms with Gasteiger partial charge < -0.3 is 11.1 Å². The van der Waals surface area contributed by atoms with Crippen LogP contribution >= 0.6 is 36.4 Å². The van der Waals surface area contributed by atoms with E-state index in [4.69, 9.17) is 17.3 Å². The second kappa shape index (κ2) is 9.95. The van der Waals surface area contributed by atoms with Gasteiger partial charge in [0.1, 0.15) is 0 Å². The predicted molar refractivity (Wildman–Crippen MR) is 104 cm³/mol. The van der Waals surface area contributed by atoms with E-state index in [-0.39, 0.29) is 24.8 Å². The van der Waals surface area contributed by atoms with Gasteiger partial charge in [-0.25, -0.2) is 0 Å². The molecule has 0 spiro atoms. The second-order valence-corrected chi connectivity index (χ2v) is 6.84. The fourth-order valence-corrected chi connectivity index (χ4v) is 4.14. The molecule has 132 valence electrons. The lowest BCUT2D eigenvalue weighted by atomic mass is 9.79. The van der Waals surface area contributed by atoms with Gasteiger partial charge >= 0.3 is 0 Å². The highest BCUT2D eigenvalue weighted by molar-refractivity contribution is 6.30. The molecular formula is C17H28Cl3N3. The number of halogens is 3. The molecule has 1 heterocycles. The Balaban J connectivity index is 0.00000132. The first-order valence-corrected chi connectivity index (χ1v) is 8.63. The molecule has 2 aliphatic rings. The monoisotopic (exact) mass is 379 g/mol. The van der Waals surface area contributed by atoms with Gasteiger partial charge in [-0.15, -0.1) is 24.8 Å². The van der Waals surface area contributed by atoms with E-state index in [0.29, 0.717) is 6.04 Å². The van der Waals surface area contributed by atoms with E-state index in [9.17, 15) is 0 Å². The van der Waals surface area contributed by atoms with Crippen LogP contribution in [-0.2, 0) is 0 Å². The lowest BCUT2D eigenvalue weighted by Crippen LogP contribution is -2.47. The van der Waals surface area contributed by atoms with E-state index < -0.39 is 0 Å². The summed E-state index contributed by atoms with van der Waals surface area (Å²) in [4.78, 5) is 2.62. The highest BCUT2D eigenvalue weighted by atomic mass is 35.5.